The minimum absolute atomic E-state index is 0.168. The van der Waals surface area contributed by atoms with Crippen LogP contribution < -0.4 is 24.2 Å². The third-order valence-electron chi connectivity index (χ3n) is 3.97. The van der Waals surface area contributed by atoms with E-state index in [4.69, 9.17) is 14.2 Å². The van der Waals surface area contributed by atoms with Gasteiger partial charge in [0, 0.05) is 24.4 Å². The van der Waals surface area contributed by atoms with Crippen LogP contribution in [0.2, 0.25) is 0 Å². The zero-order valence-electron chi connectivity index (χ0n) is 16.5. The molecule has 0 aromatic heterocycles. The summed E-state index contributed by atoms with van der Waals surface area (Å²) in [5.41, 5.74) is 1.36. The number of anilines is 1. The fraction of sp³-hybridized carbons (Fsp3) is 0.250. The lowest BCUT2D eigenvalue weighted by Crippen LogP contribution is -2.25. The molecular weight excluding hydrogens is 396 g/mol. The highest BCUT2D eigenvalue weighted by Crippen LogP contribution is 2.35. The van der Waals surface area contributed by atoms with Crippen LogP contribution in [0.1, 0.15) is 15.9 Å². The Morgan fingerprint density at radius 2 is 1.59 bits per heavy atom. The number of carbonyl (C=O) groups is 1. The molecule has 0 aliphatic carbocycles. The summed E-state index contributed by atoms with van der Waals surface area (Å²) in [6, 6.07) is 9.62. The van der Waals surface area contributed by atoms with Gasteiger partial charge >= 0.3 is 0 Å². The number of nitrogens with one attached hydrogen (secondary N) is 2. The van der Waals surface area contributed by atoms with Crippen molar-refractivity contribution in [2.75, 3.05) is 33.2 Å². The second kappa shape index (κ2) is 9.94. The topological polar surface area (TPSA) is 103 Å². The summed E-state index contributed by atoms with van der Waals surface area (Å²) >= 11 is 0. The van der Waals surface area contributed by atoms with Crippen molar-refractivity contribution in [1.82, 2.24) is 4.72 Å². The molecule has 0 radical (unpaired) electrons. The molecule has 2 N–H and O–H groups in total. The normalized spacial score (nSPS) is 10.9. The van der Waals surface area contributed by atoms with Gasteiger partial charge in [0.05, 0.1) is 32.6 Å². The predicted octanol–water partition coefficient (Wildman–Crippen LogP) is 2.57. The molecule has 0 spiro atoms. The van der Waals surface area contributed by atoms with Crippen LogP contribution in [0.3, 0.4) is 0 Å². The van der Waals surface area contributed by atoms with Crippen LogP contribution >= 0.6 is 0 Å². The summed E-state index contributed by atoms with van der Waals surface area (Å²) in [4.78, 5) is 12.7. The second-order valence-electron chi connectivity index (χ2n) is 5.95. The average Bonchev–Trinajstić information content (AvgIpc) is 2.72. The van der Waals surface area contributed by atoms with Crippen molar-refractivity contribution >= 4 is 21.6 Å². The van der Waals surface area contributed by atoms with Crippen LogP contribution in [0.5, 0.6) is 17.2 Å². The highest BCUT2D eigenvalue weighted by Gasteiger charge is 2.18. The molecular formula is C20H24N2O6S. The molecule has 0 saturated heterocycles. The summed E-state index contributed by atoms with van der Waals surface area (Å²) in [7, 11) is 0.969. The van der Waals surface area contributed by atoms with E-state index in [9.17, 15) is 13.2 Å². The fourth-order valence-electron chi connectivity index (χ4n) is 2.55. The third kappa shape index (κ3) is 5.97. The van der Waals surface area contributed by atoms with Crippen molar-refractivity contribution < 1.29 is 27.4 Å². The SMILES string of the molecule is C=CCNS(=O)(=O)Cc1ccc(NC(=O)c2cc(OC)c(OC)cc2OC)cc1. The molecule has 0 fully saturated rings. The maximum Gasteiger partial charge on any atom is 0.259 e. The van der Waals surface area contributed by atoms with E-state index in [0.29, 0.717) is 28.5 Å². The van der Waals surface area contributed by atoms with Crippen LogP contribution in [0.4, 0.5) is 5.69 Å². The Kier molecular flexibility index (Phi) is 7.63. The van der Waals surface area contributed by atoms with Gasteiger partial charge < -0.3 is 19.5 Å². The molecule has 9 heteroatoms. The second-order valence-corrected chi connectivity index (χ2v) is 7.76. The maximum absolute atomic E-state index is 12.7. The molecule has 156 valence electrons. The fourth-order valence-corrected chi connectivity index (χ4v) is 3.65. The third-order valence-corrected chi connectivity index (χ3v) is 5.29. The number of carbonyl (C=O) groups excluding carboxylic acids is 1. The lowest BCUT2D eigenvalue weighted by Gasteiger charge is -2.14. The lowest BCUT2D eigenvalue weighted by atomic mass is 10.1. The van der Waals surface area contributed by atoms with Gasteiger partial charge in [-0.15, -0.1) is 6.58 Å². The number of sulfonamides is 1. The molecule has 29 heavy (non-hydrogen) atoms. The van der Waals surface area contributed by atoms with E-state index in [1.54, 1.807) is 30.3 Å². The number of methoxy groups -OCH3 is 3. The van der Waals surface area contributed by atoms with Crippen LogP contribution in [-0.4, -0.2) is 42.2 Å². The Hall–Kier alpha value is -3.04. The molecule has 0 atom stereocenters. The Morgan fingerprint density at radius 1 is 1.00 bits per heavy atom. The zero-order chi connectivity index (χ0) is 21.4. The summed E-state index contributed by atoms with van der Waals surface area (Å²) in [6.45, 7) is 3.65. The summed E-state index contributed by atoms with van der Waals surface area (Å²) in [6.07, 6.45) is 1.47. The molecule has 0 bridgehead atoms. The van der Waals surface area contributed by atoms with Crippen LogP contribution in [0.15, 0.2) is 49.1 Å². The van der Waals surface area contributed by atoms with Gasteiger partial charge in [-0.1, -0.05) is 18.2 Å². The lowest BCUT2D eigenvalue weighted by molar-refractivity contribution is 0.102. The summed E-state index contributed by atoms with van der Waals surface area (Å²) in [5, 5.41) is 2.75. The number of hydrogen-bond donors (Lipinski definition) is 2. The van der Waals surface area contributed by atoms with Crippen molar-refractivity contribution in [2.45, 2.75) is 5.75 Å². The van der Waals surface area contributed by atoms with E-state index in [1.165, 1.54) is 33.5 Å². The van der Waals surface area contributed by atoms with Crippen LogP contribution in [0, 0.1) is 0 Å². The largest absolute Gasteiger partial charge is 0.496 e. The zero-order valence-corrected chi connectivity index (χ0v) is 17.3. The quantitative estimate of drug-likeness (QED) is 0.573. The molecule has 2 rings (SSSR count). The molecule has 2 aromatic carbocycles. The first-order valence-corrected chi connectivity index (χ1v) is 10.3. The monoisotopic (exact) mass is 420 g/mol. The van der Waals surface area contributed by atoms with E-state index in [2.05, 4.69) is 16.6 Å². The van der Waals surface area contributed by atoms with Gasteiger partial charge in [0.1, 0.15) is 5.75 Å². The number of benzene rings is 2. The molecule has 0 aliphatic heterocycles. The van der Waals surface area contributed by atoms with E-state index < -0.39 is 15.9 Å². The van der Waals surface area contributed by atoms with Gasteiger partial charge in [-0.25, -0.2) is 13.1 Å². The van der Waals surface area contributed by atoms with Gasteiger partial charge in [-0.3, -0.25) is 4.79 Å². The molecule has 2 aromatic rings. The van der Waals surface area contributed by atoms with E-state index in [1.807, 2.05) is 0 Å². The van der Waals surface area contributed by atoms with Crippen LogP contribution in [-0.2, 0) is 15.8 Å². The smallest absolute Gasteiger partial charge is 0.259 e. The molecule has 1 amide bonds. The standard InChI is InChI=1S/C20H24N2O6S/c1-5-10-21-29(24,25)13-14-6-8-15(9-7-14)22-20(23)16-11-18(27-3)19(28-4)12-17(16)26-2/h5-9,11-12,21H,1,10,13H2,2-4H3,(H,22,23). The van der Waals surface area contributed by atoms with Crippen molar-refractivity contribution in [3.63, 3.8) is 0 Å². The van der Waals surface area contributed by atoms with Gasteiger partial charge in [0.15, 0.2) is 11.5 Å². The summed E-state index contributed by atoms with van der Waals surface area (Å²) < 4.78 is 42.0. The van der Waals surface area contributed by atoms with E-state index >= 15 is 0 Å². The van der Waals surface area contributed by atoms with Gasteiger partial charge in [0.25, 0.3) is 5.91 Å². The van der Waals surface area contributed by atoms with Crippen molar-refractivity contribution in [3.8, 4) is 17.2 Å². The molecule has 0 unspecified atom stereocenters. The highest BCUT2D eigenvalue weighted by molar-refractivity contribution is 7.88. The Labute approximate surface area is 170 Å². The highest BCUT2D eigenvalue weighted by atomic mass is 32.2. The van der Waals surface area contributed by atoms with E-state index in [0.717, 1.165) is 0 Å². The maximum atomic E-state index is 12.7. The van der Waals surface area contributed by atoms with Crippen molar-refractivity contribution in [1.29, 1.82) is 0 Å². The first-order valence-electron chi connectivity index (χ1n) is 8.62. The molecule has 8 nitrogen and oxygen atoms in total. The van der Waals surface area contributed by atoms with Crippen LogP contribution in [0.25, 0.3) is 0 Å². The van der Waals surface area contributed by atoms with Crippen molar-refractivity contribution in [3.05, 3.63) is 60.2 Å². The first kappa shape index (κ1) is 22.3. The number of rotatable bonds is 10. The Balaban J connectivity index is 2.16. The Bertz CT molecular complexity index is 971. The minimum atomic E-state index is -3.45. The summed E-state index contributed by atoms with van der Waals surface area (Å²) in [5.74, 6) is 0.591. The number of hydrogen-bond acceptors (Lipinski definition) is 6. The predicted molar refractivity (Wildman–Crippen MR) is 111 cm³/mol. The Morgan fingerprint density at radius 3 is 2.14 bits per heavy atom. The number of ether oxygens (including phenoxy) is 3. The van der Waals surface area contributed by atoms with Gasteiger partial charge in [-0.2, -0.15) is 0 Å². The van der Waals surface area contributed by atoms with Gasteiger partial charge in [0.2, 0.25) is 10.0 Å². The van der Waals surface area contributed by atoms with Crippen molar-refractivity contribution in [2.24, 2.45) is 0 Å². The van der Waals surface area contributed by atoms with E-state index in [-0.39, 0.29) is 17.9 Å². The molecule has 0 aliphatic rings. The average molecular weight is 420 g/mol. The molecule has 0 saturated carbocycles. The molecule has 0 heterocycles. The number of amides is 1. The first-order chi connectivity index (χ1) is 13.8. The van der Waals surface area contributed by atoms with Gasteiger partial charge in [-0.05, 0) is 17.7 Å². The minimum Gasteiger partial charge on any atom is -0.496 e.